The molecular formula is C40H53ClF4N8O3. The van der Waals surface area contributed by atoms with Crippen molar-refractivity contribution in [1.29, 1.82) is 0 Å². The Morgan fingerprint density at radius 1 is 1.12 bits per heavy atom. The molecule has 0 spiro atoms. The third-order valence-corrected chi connectivity index (χ3v) is 8.08. The van der Waals surface area contributed by atoms with Gasteiger partial charge in [0.05, 0.1) is 18.3 Å². The fourth-order valence-electron chi connectivity index (χ4n) is 5.08. The molecule has 2 unspecified atom stereocenters. The monoisotopic (exact) mass is 804 g/mol. The average molecular weight is 805 g/mol. The van der Waals surface area contributed by atoms with E-state index in [0.717, 1.165) is 12.1 Å². The molecule has 2 heterocycles. The summed E-state index contributed by atoms with van der Waals surface area (Å²) >= 11 is 6.54. The van der Waals surface area contributed by atoms with Gasteiger partial charge in [-0.2, -0.15) is 18.3 Å². The first-order chi connectivity index (χ1) is 26.4. The van der Waals surface area contributed by atoms with Crippen molar-refractivity contribution in [3.05, 3.63) is 88.5 Å². The Kier molecular flexibility index (Phi) is 18.1. The second-order valence-electron chi connectivity index (χ2n) is 14.0. The summed E-state index contributed by atoms with van der Waals surface area (Å²) in [5, 5.41) is 6.40. The SMILES string of the molecule is C/C=N\N/C(=C/CC)c1cc(C(COC)N2C(=O)C(c3ccc(-c4ncccn4)cc3F)N=C2N)ccc1Cl.CC.CC(C)(C)C.O=CNC1(C(F)(F)F)CC1. The van der Waals surface area contributed by atoms with Crippen LogP contribution in [0.15, 0.2) is 71.0 Å². The Morgan fingerprint density at radius 3 is 2.23 bits per heavy atom. The molecule has 3 aromatic rings. The topological polar surface area (TPSA) is 147 Å². The van der Waals surface area contributed by atoms with Gasteiger partial charge in [0, 0.05) is 47.4 Å². The van der Waals surface area contributed by atoms with Crippen LogP contribution in [0.1, 0.15) is 103 Å². The van der Waals surface area contributed by atoms with Crippen LogP contribution >= 0.6 is 11.6 Å². The predicted octanol–water partition coefficient (Wildman–Crippen LogP) is 8.77. The zero-order chi connectivity index (χ0) is 42.3. The number of rotatable bonds is 12. The summed E-state index contributed by atoms with van der Waals surface area (Å²) in [7, 11) is 1.53. The van der Waals surface area contributed by atoms with Crippen LogP contribution in [-0.4, -0.2) is 64.8 Å². The van der Waals surface area contributed by atoms with Crippen LogP contribution in [0.2, 0.25) is 5.02 Å². The first-order valence-corrected chi connectivity index (χ1v) is 18.5. The van der Waals surface area contributed by atoms with Gasteiger partial charge in [0.2, 0.25) is 6.41 Å². The molecule has 2 atom stereocenters. The molecule has 1 saturated carbocycles. The number of allylic oxidation sites excluding steroid dienone is 1. The van der Waals surface area contributed by atoms with Crippen LogP contribution in [0.25, 0.3) is 17.1 Å². The molecule has 11 nitrogen and oxygen atoms in total. The van der Waals surface area contributed by atoms with Crippen molar-refractivity contribution >= 4 is 41.8 Å². The van der Waals surface area contributed by atoms with Gasteiger partial charge in [-0.15, -0.1) is 0 Å². The first-order valence-electron chi connectivity index (χ1n) is 18.1. The molecule has 2 amide bonds. The number of benzene rings is 2. The maximum absolute atomic E-state index is 15.2. The highest BCUT2D eigenvalue weighted by Crippen LogP contribution is 2.48. The molecule has 56 heavy (non-hydrogen) atoms. The molecule has 1 aliphatic heterocycles. The lowest BCUT2D eigenvalue weighted by molar-refractivity contribution is -0.167. The largest absolute Gasteiger partial charge is 0.411 e. The first kappa shape index (κ1) is 47.3. The van der Waals surface area contributed by atoms with E-state index in [1.54, 1.807) is 55.1 Å². The molecule has 0 saturated heterocycles. The molecule has 2 aromatic carbocycles. The zero-order valence-corrected chi connectivity index (χ0v) is 34.1. The van der Waals surface area contributed by atoms with Gasteiger partial charge in [0.1, 0.15) is 11.4 Å². The number of halogens is 5. The Labute approximate surface area is 331 Å². The number of nitrogens with zero attached hydrogens (tertiary/aromatic N) is 5. The van der Waals surface area contributed by atoms with Crippen molar-refractivity contribution in [2.75, 3.05) is 13.7 Å². The molecule has 0 radical (unpaired) electrons. The van der Waals surface area contributed by atoms with E-state index in [9.17, 15) is 22.8 Å². The fourth-order valence-corrected chi connectivity index (χ4v) is 5.30. The number of hydrogen-bond acceptors (Lipinski definition) is 9. The summed E-state index contributed by atoms with van der Waals surface area (Å²) in [6.07, 6.45) is 3.32. The molecule has 16 heteroatoms. The van der Waals surface area contributed by atoms with Gasteiger partial charge in [0.15, 0.2) is 17.8 Å². The van der Waals surface area contributed by atoms with Crippen LogP contribution in [0.4, 0.5) is 17.6 Å². The minimum absolute atomic E-state index is 0.00917. The minimum atomic E-state index is -4.28. The van der Waals surface area contributed by atoms with Crippen molar-refractivity contribution in [2.24, 2.45) is 21.2 Å². The van der Waals surface area contributed by atoms with Crippen molar-refractivity contribution in [3.8, 4) is 11.4 Å². The normalized spacial score (nSPS) is 16.6. The highest BCUT2D eigenvalue weighted by atomic mass is 35.5. The van der Waals surface area contributed by atoms with Gasteiger partial charge in [-0.1, -0.05) is 84.3 Å². The van der Waals surface area contributed by atoms with Gasteiger partial charge in [-0.25, -0.2) is 19.4 Å². The number of hydrazone groups is 1. The number of hydrogen-bond donors (Lipinski definition) is 3. The standard InChI is InChI=1S/C28H29ClFN7O2.C5H6F3NO.C5H12.C2H6/c1-4-7-23(36-34-5-2)20-14-17(9-11-21(20)29)24(16-39-3)37-27(38)25(35-28(37)31)19-10-8-18(15-22(19)30)26-32-12-6-13-33-26;6-5(7,8)4(1-2-4)9-3-10;1-5(2,3)4;1-2/h5-15,24-25,36H,4,16H2,1-3H3,(H2,31,35);3H,1-2H2,(H,9,10);1-4H3;1-2H3/b23-7+,34-5-;;;. The number of alkyl halides is 3. The Hall–Kier alpha value is -4.89. The molecule has 1 aromatic heterocycles. The van der Waals surface area contributed by atoms with Gasteiger partial charge >= 0.3 is 6.18 Å². The predicted molar refractivity (Wildman–Crippen MR) is 214 cm³/mol. The average Bonchev–Trinajstić information content (AvgIpc) is 3.89. The van der Waals surface area contributed by atoms with Crippen LogP contribution in [0.5, 0.6) is 0 Å². The van der Waals surface area contributed by atoms with Crippen LogP contribution < -0.4 is 16.5 Å². The number of carbonyl (C=O) groups is 2. The van der Waals surface area contributed by atoms with Crippen LogP contribution in [0, 0.1) is 11.2 Å². The molecule has 4 N–H and O–H groups in total. The maximum atomic E-state index is 15.2. The van der Waals surface area contributed by atoms with Crippen LogP contribution in [-0.2, 0) is 14.3 Å². The number of nitrogens with one attached hydrogen (secondary N) is 2. The zero-order valence-electron chi connectivity index (χ0n) is 33.3. The molecule has 0 bridgehead atoms. The van der Waals surface area contributed by atoms with E-state index in [2.05, 4.69) is 53.2 Å². The third kappa shape index (κ3) is 13.1. The molecule has 306 valence electrons. The summed E-state index contributed by atoms with van der Waals surface area (Å²) in [6, 6.07) is 9.75. The molecule has 2 aliphatic rings. The highest BCUT2D eigenvalue weighted by Gasteiger charge is 2.63. The molecule has 1 fully saturated rings. The van der Waals surface area contributed by atoms with Crippen molar-refractivity contribution in [2.45, 2.75) is 98.5 Å². The maximum Gasteiger partial charge on any atom is 0.411 e. The lowest BCUT2D eigenvalue weighted by atomic mass is 9.99. The third-order valence-electron chi connectivity index (χ3n) is 7.75. The van der Waals surface area contributed by atoms with E-state index < -0.39 is 35.5 Å². The Morgan fingerprint density at radius 2 is 1.75 bits per heavy atom. The molecule has 5 rings (SSSR count). The van der Waals surface area contributed by atoms with Crippen LogP contribution in [0.3, 0.4) is 0 Å². The lowest BCUT2D eigenvalue weighted by Crippen LogP contribution is -2.44. The summed E-state index contributed by atoms with van der Waals surface area (Å²) in [4.78, 5) is 37.3. The summed E-state index contributed by atoms with van der Waals surface area (Å²) < 4.78 is 56.3. The van der Waals surface area contributed by atoms with E-state index in [-0.39, 0.29) is 37.4 Å². The van der Waals surface area contributed by atoms with Crippen molar-refractivity contribution in [3.63, 3.8) is 0 Å². The number of aliphatic imine (C=N–C) groups is 1. The van der Waals surface area contributed by atoms with Crippen molar-refractivity contribution < 1.29 is 31.9 Å². The fraction of sp³-hybridized carbons (Fsp3) is 0.450. The second-order valence-corrected chi connectivity index (χ2v) is 14.4. The van der Waals surface area contributed by atoms with Gasteiger partial charge in [-0.3, -0.25) is 19.9 Å². The highest BCUT2D eigenvalue weighted by molar-refractivity contribution is 6.32. The number of aromatic nitrogens is 2. The lowest BCUT2D eigenvalue weighted by Gasteiger charge is -2.28. The smallest absolute Gasteiger partial charge is 0.382 e. The summed E-state index contributed by atoms with van der Waals surface area (Å²) in [5.74, 6) is -0.728. The number of amides is 2. The van der Waals surface area contributed by atoms with Gasteiger partial charge in [-0.05, 0) is 61.4 Å². The molecule has 1 aliphatic carbocycles. The van der Waals surface area contributed by atoms with E-state index in [0.29, 0.717) is 33.0 Å². The van der Waals surface area contributed by atoms with Gasteiger partial charge < -0.3 is 15.8 Å². The summed E-state index contributed by atoms with van der Waals surface area (Å²) in [6.45, 7) is 16.7. The number of nitrogens with two attached hydrogens (primary N) is 1. The number of methoxy groups -OCH3 is 1. The van der Waals surface area contributed by atoms with Gasteiger partial charge in [0.25, 0.3) is 5.91 Å². The van der Waals surface area contributed by atoms with E-state index >= 15 is 4.39 Å². The van der Waals surface area contributed by atoms with Crippen molar-refractivity contribution in [1.82, 2.24) is 25.6 Å². The Balaban J connectivity index is 0.000000529. The van der Waals surface area contributed by atoms with E-state index in [4.69, 9.17) is 22.1 Å². The second kappa shape index (κ2) is 21.4. The number of guanidine groups is 1. The number of ether oxygens (including phenoxy) is 1. The van der Waals surface area contributed by atoms with E-state index in [1.807, 2.05) is 32.9 Å². The molecular weight excluding hydrogens is 752 g/mol. The number of carbonyl (C=O) groups excluding carboxylic acids is 2. The Bertz CT molecular complexity index is 1820. The quantitative estimate of drug-likeness (QED) is 0.0718. The van der Waals surface area contributed by atoms with E-state index in [1.165, 1.54) is 24.1 Å². The summed E-state index contributed by atoms with van der Waals surface area (Å²) in [5.41, 5.74) is 10.6. The minimum Gasteiger partial charge on any atom is -0.382 e.